The van der Waals surface area contributed by atoms with E-state index in [4.69, 9.17) is 19.3 Å². The minimum atomic E-state index is -0.379. The number of benzene rings is 2. The summed E-state index contributed by atoms with van der Waals surface area (Å²) in [6.45, 7) is 10.1. The normalized spacial score (nSPS) is 11.1. The van der Waals surface area contributed by atoms with Crippen LogP contribution in [0.2, 0.25) is 0 Å². The zero-order valence-corrected chi connectivity index (χ0v) is 23.7. The summed E-state index contributed by atoms with van der Waals surface area (Å²) in [5.41, 5.74) is 8.12. The molecule has 0 amide bonds. The number of pyridine rings is 2. The first-order valence-electron chi connectivity index (χ1n) is 13.9. The molecular weight excluding hydrogens is 516 g/mol. The van der Waals surface area contributed by atoms with Gasteiger partial charge in [0, 0.05) is 51.4 Å². The predicted octanol–water partition coefficient (Wildman–Crippen LogP) is 6.56. The Bertz CT molecular complexity index is 1940. The van der Waals surface area contributed by atoms with E-state index in [2.05, 4.69) is 76.5 Å². The first kappa shape index (κ1) is 27.7. The molecule has 4 heterocycles. The van der Waals surface area contributed by atoms with Gasteiger partial charge < -0.3 is 13.9 Å². The minimum Gasteiger partial charge on any atom is -0.461 e. The Morgan fingerprint density at radius 1 is 0.780 bits per heavy atom. The number of para-hydroxylation sites is 2. The summed E-state index contributed by atoms with van der Waals surface area (Å²) in [7, 11) is 0. The number of rotatable bonds is 7. The highest BCUT2D eigenvalue weighted by Gasteiger charge is 2.19. The summed E-state index contributed by atoms with van der Waals surface area (Å²) >= 11 is 0. The number of carbonyl (C=O) groups excluding carboxylic acids is 3. The fourth-order valence-electron chi connectivity index (χ4n) is 5.95. The van der Waals surface area contributed by atoms with Gasteiger partial charge in [0.25, 0.3) is 0 Å². The van der Waals surface area contributed by atoms with Gasteiger partial charge in [-0.3, -0.25) is 4.98 Å². The molecule has 4 aromatic heterocycles. The molecule has 0 radical (unpaired) electrons. The van der Waals surface area contributed by atoms with E-state index in [1.165, 1.54) is 21.8 Å². The molecule has 0 aliphatic rings. The number of carbonyl (C=O) groups is 1. The van der Waals surface area contributed by atoms with E-state index in [1.54, 1.807) is 0 Å². The Balaban J connectivity index is 0.00000108. The molecule has 0 aliphatic heterocycles. The molecule has 0 N–H and O–H groups in total. The number of aromatic nitrogens is 4. The molecule has 0 aliphatic carbocycles. The van der Waals surface area contributed by atoms with Crippen molar-refractivity contribution in [2.24, 2.45) is 0 Å². The Morgan fingerprint density at radius 2 is 1.29 bits per heavy atom. The maximum absolute atomic E-state index is 12.5. The third-order valence-electron chi connectivity index (χ3n) is 7.51. The van der Waals surface area contributed by atoms with Crippen LogP contribution in [0.3, 0.4) is 0 Å². The highest BCUT2D eigenvalue weighted by Crippen LogP contribution is 2.33. The van der Waals surface area contributed by atoms with Crippen LogP contribution < -0.4 is 0 Å². The molecule has 0 saturated carbocycles. The van der Waals surface area contributed by atoms with Crippen molar-refractivity contribution in [3.8, 4) is 0 Å². The number of aryl methyl sites for hydroxylation is 5. The molecule has 0 atom stereocenters. The summed E-state index contributed by atoms with van der Waals surface area (Å²) in [5.74, 6) is -0.379. The van der Waals surface area contributed by atoms with Crippen molar-refractivity contribution in [2.45, 2.75) is 53.6 Å². The van der Waals surface area contributed by atoms with Crippen LogP contribution >= 0.6 is 0 Å². The SMILES string of the molecule is CCOC(=O)c1cc2c3ccccc3n(CCCn3c4ccccc4c4cc(CC)nc(C)c43)c2c(C)n1.O=C=O. The molecule has 8 nitrogen and oxygen atoms in total. The summed E-state index contributed by atoms with van der Waals surface area (Å²) < 4.78 is 10.0. The number of fused-ring (bicyclic) bond motifs is 6. The monoisotopic (exact) mass is 548 g/mol. The molecule has 6 rings (SSSR count). The van der Waals surface area contributed by atoms with Crippen molar-refractivity contribution < 1.29 is 19.1 Å². The van der Waals surface area contributed by atoms with Gasteiger partial charge in [0.2, 0.25) is 0 Å². The average Bonchev–Trinajstić information content (AvgIpc) is 3.47. The van der Waals surface area contributed by atoms with Gasteiger partial charge >= 0.3 is 12.1 Å². The van der Waals surface area contributed by atoms with Crippen molar-refractivity contribution in [1.82, 2.24) is 19.1 Å². The lowest BCUT2D eigenvalue weighted by molar-refractivity contribution is -0.191. The van der Waals surface area contributed by atoms with Crippen molar-refractivity contribution in [3.63, 3.8) is 0 Å². The van der Waals surface area contributed by atoms with E-state index < -0.39 is 0 Å². The Kier molecular flexibility index (Phi) is 7.95. The topological polar surface area (TPSA) is 96.1 Å². The molecule has 208 valence electrons. The van der Waals surface area contributed by atoms with Crippen LogP contribution in [0.25, 0.3) is 43.6 Å². The zero-order chi connectivity index (χ0) is 29.1. The number of nitrogens with zero attached hydrogens (tertiary/aromatic N) is 4. The third-order valence-corrected chi connectivity index (χ3v) is 7.51. The fourth-order valence-corrected chi connectivity index (χ4v) is 5.95. The second kappa shape index (κ2) is 11.7. The van der Waals surface area contributed by atoms with Crippen molar-refractivity contribution in [2.75, 3.05) is 6.61 Å². The van der Waals surface area contributed by atoms with Crippen LogP contribution in [0.5, 0.6) is 0 Å². The van der Waals surface area contributed by atoms with Gasteiger partial charge in [-0.15, -0.1) is 0 Å². The highest BCUT2D eigenvalue weighted by atomic mass is 16.5. The van der Waals surface area contributed by atoms with Crippen LogP contribution in [0.1, 0.15) is 47.8 Å². The summed E-state index contributed by atoms with van der Waals surface area (Å²) in [5, 5.41) is 4.74. The second-order valence-electron chi connectivity index (χ2n) is 9.93. The molecule has 0 fully saturated rings. The molecule has 0 saturated heterocycles. The van der Waals surface area contributed by atoms with Crippen LogP contribution in [0, 0.1) is 13.8 Å². The van der Waals surface area contributed by atoms with E-state index in [0.29, 0.717) is 12.3 Å². The van der Waals surface area contributed by atoms with Crippen molar-refractivity contribution in [3.05, 3.63) is 83.4 Å². The van der Waals surface area contributed by atoms with E-state index in [0.717, 1.165) is 64.8 Å². The van der Waals surface area contributed by atoms with Gasteiger partial charge in [-0.05, 0) is 57.9 Å². The minimum absolute atomic E-state index is 0.250. The van der Waals surface area contributed by atoms with E-state index in [9.17, 15) is 4.79 Å². The quantitative estimate of drug-likeness (QED) is 0.210. The number of hydrogen-bond acceptors (Lipinski definition) is 6. The van der Waals surface area contributed by atoms with E-state index in [1.807, 2.05) is 26.0 Å². The lowest BCUT2D eigenvalue weighted by Gasteiger charge is -2.13. The fraction of sp³-hybridized carbons (Fsp3) is 0.273. The molecular formula is C33H32N4O4. The lowest BCUT2D eigenvalue weighted by Crippen LogP contribution is -2.09. The molecule has 6 aromatic rings. The van der Waals surface area contributed by atoms with Crippen LogP contribution in [0.4, 0.5) is 0 Å². The van der Waals surface area contributed by atoms with E-state index in [-0.39, 0.29) is 12.1 Å². The zero-order valence-electron chi connectivity index (χ0n) is 23.7. The van der Waals surface area contributed by atoms with Crippen LogP contribution in [-0.2, 0) is 33.8 Å². The van der Waals surface area contributed by atoms with Gasteiger partial charge in [0.1, 0.15) is 5.69 Å². The van der Waals surface area contributed by atoms with Gasteiger partial charge in [0.05, 0.1) is 29.0 Å². The first-order valence-corrected chi connectivity index (χ1v) is 13.9. The standard InChI is InChI=1S/C32H32N4O2.CO2/c1-5-22-18-25-23-12-7-9-14-28(23)35(30(25)20(3)33-22)16-11-17-36-29-15-10-8-13-24(29)26-19-27(32(37)38-6-2)34-21(4)31(26)36;2-1-3/h7-10,12-15,18-19H,5-6,11,16-17H2,1-4H3;. The Hall–Kier alpha value is -4.81. The smallest absolute Gasteiger partial charge is 0.373 e. The Morgan fingerprint density at radius 3 is 1.83 bits per heavy atom. The van der Waals surface area contributed by atoms with Gasteiger partial charge in [-0.1, -0.05) is 43.3 Å². The summed E-state index contributed by atoms with van der Waals surface area (Å²) in [6, 6.07) is 21.2. The lowest BCUT2D eigenvalue weighted by atomic mass is 10.1. The number of hydrogen-bond donors (Lipinski definition) is 0. The van der Waals surface area contributed by atoms with Crippen molar-refractivity contribution in [1.29, 1.82) is 0 Å². The molecule has 0 bridgehead atoms. The summed E-state index contributed by atoms with van der Waals surface area (Å²) in [6.07, 6.45) is 2.12. The van der Waals surface area contributed by atoms with Gasteiger partial charge in [0.15, 0.2) is 0 Å². The highest BCUT2D eigenvalue weighted by molar-refractivity contribution is 6.11. The largest absolute Gasteiger partial charge is 0.461 e. The average molecular weight is 549 g/mol. The molecule has 0 unspecified atom stereocenters. The number of esters is 1. The molecule has 41 heavy (non-hydrogen) atoms. The maximum atomic E-state index is 12.5. The number of ether oxygens (including phenoxy) is 1. The second-order valence-corrected chi connectivity index (χ2v) is 9.93. The first-order chi connectivity index (χ1) is 19.9. The molecule has 2 aromatic carbocycles. The van der Waals surface area contributed by atoms with Gasteiger partial charge in [-0.2, -0.15) is 9.59 Å². The predicted molar refractivity (Wildman–Crippen MR) is 159 cm³/mol. The van der Waals surface area contributed by atoms with Crippen molar-refractivity contribution >= 4 is 55.7 Å². The summed E-state index contributed by atoms with van der Waals surface area (Å²) in [4.78, 5) is 38.2. The third kappa shape index (κ3) is 4.98. The van der Waals surface area contributed by atoms with E-state index >= 15 is 0 Å². The molecule has 8 heteroatoms. The van der Waals surface area contributed by atoms with Crippen LogP contribution in [-0.4, -0.2) is 37.8 Å². The molecule has 0 spiro atoms. The van der Waals surface area contributed by atoms with Crippen LogP contribution in [0.15, 0.2) is 60.7 Å². The Labute approximate surface area is 237 Å². The maximum Gasteiger partial charge on any atom is 0.373 e. The van der Waals surface area contributed by atoms with Gasteiger partial charge in [-0.25, -0.2) is 9.78 Å².